The second-order valence-corrected chi connectivity index (χ2v) is 4.24. The van der Waals surface area contributed by atoms with E-state index >= 15 is 0 Å². The summed E-state index contributed by atoms with van der Waals surface area (Å²) in [6.07, 6.45) is 3.16. The number of nitrogens with one attached hydrogen (secondary N) is 1. The van der Waals surface area contributed by atoms with Crippen molar-refractivity contribution in [3.05, 3.63) is 23.5 Å². The van der Waals surface area contributed by atoms with E-state index < -0.39 is 11.9 Å². The molecule has 0 fully saturated rings. The first-order chi connectivity index (χ1) is 9.10. The number of hydrogen-bond acceptors (Lipinski definition) is 7. The molecule has 3 N–H and O–H groups in total. The predicted octanol–water partition coefficient (Wildman–Crippen LogP) is 0.385. The summed E-state index contributed by atoms with van der Waals surface area (Å²) in [5.74, 6) is -1.19. The lowest BCUT2D eigenvalue weighted by atomic mass is 10.3. The van der Waals surface area contributed by atoms with Crippen LogP contribution in [0, 0.1) is 0 Å². The van der Waals surface area contributed by atoms with Crippen LogP contribution >= 0.6 is 11.8 Å². The summed E-state index contributed by atoms with van der Waals surface area (Å²) in [6.45, 7) is 0. The third-order valence-electron chi connectivity index (χ3n) is 2.40. The molecule has 0 saturated carbocycles. The molecule has 2 aromatic heterocycles. The summed E-state index contributed by atoms with van der Waals surface area (Å²) in [6, 6.07) is 1.49. The fourth-order valence-electron chi connectivity index (χ4n) is 1.49. The molecule has 0 atom stereocenters. The molecule has 0 aliphatic heterocycles. The van der Waals surface area contributed by atoms with Crippen LogP contribution in [0.3, 0.4) is 0 Å². The summed E-state index contributed by atoms with van der Waals surface area (Å²) in [5, 5.41) is 10.5. The van der Waals surface area contributed by atoms with E-state index in [1.807, 2.05) is 0 Å². The van der Waals surface area contributed by atoms with Gasteiger partial charge in [-0.1, -0.05) is 0 Å². The molecule has 2 heterocycles. The summed E-state index contributed by atoms with van der Waals surface area (Å²) in [7, 11) is 1.24. The van der Waals surface area contributed by atoms with Crippen molar-refractivity contribution in [2.45, 2.75) is 5.03 Å². The minimum absolute atomic E-state index is 0.0594. The van der Waals surface area contributed by atoms with Crippen molar-refractivity contribution in [2.75, 3.05) is 19.1 Å². The first-order valence-electron chi connectivity index (χ1n) is 5.15. The number of ether oxygens (including phenoxy) is 1. The molecule has 0 aliphatic carbocycles. The largest absolute Gasteiger partial charge is 0.465 e. The molecule has 0 amide bonds. The number of aromatic nitrogens is 4. The molecule has 0 bridgehead atoms. The monoisotopic (exact) mass is 281 g/mol. The molecule has 2 rings (SSSR count). The zero-order valence-electron chi connectivity index (χ0n) is 10.2. The van der Waals surface area contributed by atoms with E-state index in [9.17, 15) is 9.59 Å². The summed E-state index contributed by atoms with van der Waals surface area (Å²) >= 11 is 1.20. The number of hydrogen-bond donors (Lipinski definition) is 2. The predicted molar refractivity (Wildman–Crippen MR) is 68.1 cm³/mol. The normalized spacial score (nSPS) is 10.4. The average molecular weight is 281 g/mol. The molecule has 0 aromatic carbocycles. The van der Waals surface area contributed by atoms with E-state index in [0.29, 0.717) is 5.03 Å². The third kappa shape index (κ3) is 2.19. The highest BCUT2D eigenvalue weighted by Crippen LogP contribution is 2.25. The number of nitrogen functional groups attached to an aromatic ring is 1. The van der Waals surface area contributed by atoms with Crippen LogP contribution in [0.2, 0.25) is 0 Å². The molecule has 0 unspecified atom stereocenters. The molecule has 2 aromatic rings. The SMILES string of the molecule is COC(=O)c1c(SC)nn(C(=O)c2ccn[nH]2)c1N. The Morgan fingerprint density at radius 1 is 1.53 bits per heavy atom. The van der Waals surface area contributed by atoms with Gasteiger partial charge in [0.25, 0.3) is 5.91 Å². The first kappa shape index (κ1) is 13.1. The van der Waals surface area contributed by atoms with Crippen molar-refractivity contribution >= 4 is 29.5 Å². The van der Waals surface area contributed by atoms with Gasteiger partial charge >= 0.3 is 5.97 Å². The minimum Gasteiger partial charge on any atom is -0.465 e. The molecule has 19 heavy (non-hydrogen) atoms. The maximum absolute atomic E-state index is 12.1. The van der Waals surface area contributed by atoms with Crippen LogP contribution in [0.15, 0.2) is 17.3 Å². The third-order valence-corrected chi connectivity index (χ3v) is 3.07. The maximum atomic E-state index is 12.1. The zero-order valence-corrected chi connectivity index (χ0v) is 11.0. The van der Waals surface area contributed by atoms with E-state index in [4.69, 9.17) is 5.73 Å². The van der Waals surface area contributed by atoms with Crippen molar-refractivity contribution in [1.29, 1.82) is 0 Å². The Hall–Kier alpha value is -2.29. The second kappa shape index (κ2) is 5.14. The molecule has 100 valence electrons. The van der Waals surface area contributed by atoms with Crippen LogP contribution in [0.5, 0.6) is 0 Å². The number of esters is 1. The van der Waals surface area contributed by atoms with Crippen molar-refractivity contribution in [2.24, 2.45) is 0 Å². The number of carbonyl (C=O) groups excluding carboxylic acids is 2. The van der Waals surface area contributed by atoms with Gasteiger partial charge in [0.15, 0.2) is 0 Å². The zero-order chi connectivity index (χ0) is 14.0. The Morgan fingerprint density at radius 3 is 2.79 bits per heavy atom. The molecule has 0 aliphatic rings. The highest BCUT2D eigenvalue weighted by molar-refractivity contribution is 7.98. The fraction of sp³-hybridized carbons (Fsp3) is 0.200. The lowest BCUT2D eigenvalue weighted by molar-refractivity contribution is 0.0598. The quantitative estimate of drug-likeness (QED) is 0.617. The Labute approximate surface area is 112 Å². The maximum Gasteiger partial charge on any atom is 0.344 e. The van der Waals surface area contributed by atoms with Crippen LogP contribution in [0.1, 0.15) is 20.8 Å². The number of nitrogens with two attached hydrogens (primary N) is 1. The van der Waals surface area contributed by atoms with Crippen LogP contribution in [-0.4, -0.2) is 45.2 Å². The van der Waals surface area contributed by atoms with E-state index in [-0.39, 0.29) is 17.1 Å². The molecule has 0 radical (unpaired) electrons. The van der Waals surface area contributed by atoms with Gasteiger partial charge in [0.05, 0.1) is 7.11 Å². The van der Waals surface area contributed by atoms with Crippen LogP contribution < -0.4 is 5.73 Å². The van der Waals surface area contributed by atoms with Gasteiger partial charge < -0.3 is 10.5 Å². The first-order valence-corrected chi connectivity index (χ1v) is 6.37. The topological polar surface area (TPSA) is 116 Å². The Morgan fingerprint density at radius 2 is 2.26 bits per heavy atom. The lowest BCUT2D eigenvalue weighted by Crippen LogP contribution is -2.17. The van der Waals surface area contributed by atoms with Crippen molar-refractivity contribution in [3.63, 3.8) is 0 Å². The van der Waals surface area contributed by atoms with Gasteiger partial charge in [0.1, 0.15) is 22.1 Å². The highest BCUT2D eigenvalue weighted by Gasteiger charge is 2.26. The molecule has 0 spiro atoms. The smallest absolute Gasteiger partial charge is 0.344 e. The highest BCUT2D eigenvalue weighted by atomic mass is 32.2. The van der Waals surface area contributed by atoms with Crippen LogP contribution in [-0.2, 0) is 4.74 Å². The van der Waals surface area contributed by atoms with Gasteiger partial charge in [0, 0.05) is 6.20 Å². The molecule has 9 heteroatoms. The average Bonchev–Trinajstić information content (AvgIpc) is 3.04. The van der Waals surface area contributed by atoms with Crippen LogP contribution in [0.4, 0.5) is 5.82 Å². The minimum atomic E-state index is -0.634. The molecular weight excluding hydrogens is 270 g/mol. The van der Waals surface area contributed by atoms with E-state index in [1.165, 1.54) is 31.1 Å². The number of methoxy groups -OCH3 is 1. The Balaban J connectivity index is 2.51. The van der Waals surface area contributed by atoms with Gasteiger partial charge in [0.2, 0.25) is 0 Å². The summed E-state index contributed by atoms with van der Waals surface area (Å²) in [5.41, 5.74) is 6.10. The number of thioether (sulfide) groups is 1. The van der Waals surface area contributed by atoms with Crippen molar-refractivity contribution in [3.8, 4) is 0 Å². The lowest BCUT2D eigenvalue weighted by Gasteiger charge is -2.01. The number of H-pyrrole nitrogens is 1. The standard InChI is InChI=1S/C10H11N5O3S/c1-18-10(17)6-7(11)15(14-8(6)19-2)9(16)5-3-4-12-13-5/h3-4H,11H2,1-2H3,(H,12,13). The summed E-state index contributed by atoms with van der Waals surface area (Å²) in [4.78, 5) is 23.7. The van der Waals surface area contributed by atoms with Crippen molar-refractivity contribution < 1.29 is 14.3 Å². The number of rotatable bonds is 3. The van der Waals surface area contributed by atoms with Gasteiger partial charge in [-0.3, -0.25) is 9.89 Å². The Kier molecular flexibility index (Phi) is 3.56. The van der Waals surface area contributed by atoms with Gasteiger partial charge in [-0.15, -0.1) is 11.8 Å². The van der Waals surface area contributed by atoms with Gasteiger partial charge in [-0.2, -0.15) is 14.9 Å². The molecular formula is C10H11N5O3S. The van der Waals surface area contributed by atoms with Gasteiger partial charge in [-0.25, -0.2) is 4.79 Å². The molecule has 0 saturated heterocycles. The van der Waals surface area contributed by atoms with Crippen molar-refractivity contribution in [1.82, 2.24) is 20.0 Å². The number of nitrogens with zero attached hydrogens (tertiary/aromatic N) is 3. The Bertz CT molecular complexity index is 619. The fourth-order valence-corrected chi connectivity index (χ4v) is 2.05. The number of anilines is 1. The number of carbonyl (C=O) groups is 2. The second-order valence-electron chi connectivity index (χ2n) is 3.45. The molecule has 8 nitrogen and oxygen atoms in total. The van der Waals surface area contributed by atoms with Gasteiger partial charge in [-0.05, 0) is 12.3 Å². The van der Waals surface area contributed by atoms with Crippen LogP contribution in [0.25, 0.3) is 0 Å². The number of aromatic amines is 1. The van der Waals surface area contributed by atoms with E-state index in [0.717, 1.165) is 4.68 Å². The van der Waals surface area contributed by atoms with E-state index in [2.05, 4.69) is 20.0 Å². The van der Waals surface area contributed by atoms with E-state index in [1.54, 1.807) is 6.26 Å². The summed E-state index contributed by atoms with van der Waals surface area (Å²) < 4.78 is 5.58.